The second-order valence-corrected chi connectivity index (χ2v) is 1.99. The third-order valence-corrected chi connectivity index (χ3v) is 1.25. The summed E-state index contributed by atoms with van der Waals surface area (Å²) in [5, 5.41) is 3.14. The van der Waals surface area contributed by atoms with Gasteiger partial charge in [0.2, 0.25) is 0 Å². The van der Waals surface area contributed by atoms with Gasteiger partial charge in [0.1, 0.15) is 6.23 Å². The maximum atomic E-state index is 5.28. The summed E-state index contributed by atoms with van der Waals surface area (Å²) in [6, 6.07) is 0. The molecule has 0 radical (unpaired) electrons. The zero-order chi connectivity index (χ0) is 6.53. The van der Waals surface area contributed by atoms with E-state index in [1.807, 2.05) is 0 Å². The average Bonchev–Trinajstić information content (AvgIpc) is 1.91. The van der Waals surface area contributed by atoms with Crippen LogP contribution in [0.15, 0.2) is 0 Å². The van der Waals surface area contributed by atoms with Crippen molar-refractivity contribution in [1.82, 2.24) is 5.32 Å². The first kappa shape index (κ1) is 6.99. The molecule has 1 rings (SSSR count). The van der Waals surface area contributed by atoms with Gasteiger partial charge in [0.15, 0.2) is 0 Å². The van der Waals surface area contributed by atoms with Crippen LogP contribution in [0.5, 0.6) is 0 Å². The fourth-order valence-electron chi connectivity index (χ4n) is 0.833. The molecule has 0 aliphatic carbocycles. The molecule has 0 aromatic heterocycles. The normalized spacial score (nSPS) is 28.3. The van der Waals surface area contributed by atoms with E-state index in [1.165, 1.54) is 0 Å². The van der Waals surface area contributed by atoms with Crippen molar-refractivity contribution >= 4 is 0 Å². The fourth-order valence-corrected chi connectivity index (χ4v) is 0.833. The molecule has 0 aromatic rings. The monoisotopic (exact) mass is 131 g/mol. The number of likely N-dealkylation sites (N-methyl/N-ethyl adjacent to an activating group) is 1. The highest BCUT2D eigenvalue weighted by Crippen LogP contribution is 1.95. The first-order valence-corrected chi connectivity index (χ1v) is 3.36. The molecule has 1 aliphatic heterocycles. The van der Waals surface area contributed by atoms with Gasteiger partial charge in [0.25, 0.3) is 0 Å². The molecule has 1 unspecified atom stereocenters. The van der Waals surface area contributed by atoms with Crippen molar-refractivity contribution in [1.29, 1.82) is 0 Å². The van der Waals surface area contributed by atoms with Crippen molar-refractivity contribution < 1.29 is 9.47 Å². The standard InChI is InChI=1S/C6H13NO2/c1-2-7-6-5-8-3-4-9-6/h6-7H,2-5H2,1H3. The predicted octanol–water partition coefficient (Wildman–Crippen LogP) is -0.0312. The summed E-state index contributed by atoms with van der Waals surface area (Å²) in [7, 11) is 0. The second kappa shape index (κ2) is 3.82. The quantitative estimate of drug-likeness (QED) is 0.571. The van der Waals surface area contributed by atoms with E-state index in [4.69, 9.17) is 9.47 Å². The van der Waals surface area contributed by atoms with E-state index in [2.05, 4.69) is 12.2 Å². The molecule has 1 N–H and O–H groups in total. The van der Waals surface area contributed by atoms with Crippen LogP contribution in [0.4, 0.5) is 0 Å². The van der Waals surface area contributed by atoms with Crippen LogP contribution >= 0.6 is 0 Å². The minimum absolute atomic E-state index is 0.128. The van der Waals surface area contributed by atoms with Gasteiger partial charge in [-0.2, -0.15) is 0 Å². The molecular weight excluding hydrogens is 118 g/mol. The van der Waals surface area contributed by atoms with Gasteiger partial charge in [-0.1, -0.05) is 6.92 Å². The Balaban J connectivity index is 2.08. The van der Waals surface area contributed by atoms with Crippen molar-refractivity contribution in [3.63, 3.8) is 0 Å². The van der Waals surface area contributed by atoms with Crippen LogP contribution in [-0.4, -0.2) is 32.6 Å². The Labute approximate surface area is 55.3 Å². The average molecular weight is 131 g/mol. The summed E-state index contributed by atoms with van der Waals surface area (Å²) >= 11 is 0. The molecule has 1 fully saturated rings. The minimum Gasteiger partial charge on any atom is -0.375 e. The molecule has 1 saturated heterocycles. The predicted molar refractivity (Wildman–Crippen MR) is 34.2 cm³/mol. The molecular formula is C6H13NO2. The third kappa shape index (κ3) is 2.30. The summed E-state index contributed by atoms with van der Waals surface area (Å²) in [4.78, 5) is 0. The van der Waals surface area contributed by atoms with E-state index in [0.29, 0.717) is 6.61 Å². The Morgan fingerprint density at radius 3 is 3.00 bits per heavy atom. The molecule has 3 heteroatoms. The highest BCUT2D eigenvalue weighted by atomic mass is 16.6. The smallest absolute Gasteiger partial charge is 0.131 e. The van der Waals surface area contributed by atoms with Gasteiger partial charge < -0.3 is 9.47 Å². The van der Waals surface area contributed by atoms with Gasteiger partial charge in [-0.05, 0) is 6.54 Å². The van der Waals surface area contributed by atoms with E-state index in [1.54, 1.807) is 0 Å². The van der Waals surface area contributed by atoms with Gasteiger partial charge in [-0.3, -0.25) is 5.32 Å². The summed E-state index contributed by atoms with van der Waals surface area (Å²) < 4.78 is 10.4. The van der Waals surface area contributed by atoms with Gasteiger partial charge in [0.05, 0.1) is 19.8 Å². The van der Waals surface area contributed by atoms with E-state index in [9.17, 15) is 0 Å². The molecule has 0 spiro atoms. The molecule has 9 heavy (non-hydrogen) atoms. The van der Waals surface area contributed by atoms with Crippen molar-refractivity contribution in [3.8, 4) is 0 Å². The topological polar surface area (TPSA) is 30.5 Å². The lowest BCUT2D eigenvalue weighted by Crippen LogP contribution is -2.40. The summed E-state index contributed by atoms with van der Waals surface area (Å²) in [6.07, 6.45) is 0.128. The van der Waals surface area contributed by atoms with E-state index in [0.717, 1.165) is 19.8 Å². The van der Waals surface area contributed by atoms with Crippen LogP contribution < -0.4 is 5.32 Å². The number of hydrogen-bond acceptors (Lipinski definition) is 3. The fraction of sp³-hybridized carbons (Fsp3) is 1.00. The third-order valence-electron chi connectivity index (χ3n) is 1.25. The van der Waals surface area contributed by atoms with Crippen LogP contribution in [-0.2, 0) is 9.47 Å². The number of ether oxygens (including phenoxy) is 2. The minimum atomic E-state index is 0.128. The lowest BCUT2D eigenvalue weighted by molar-refractivity contribution is -0.101. The highest BCUT2D eigenvalue weighted by Gasteiger charge is 2.10. The molecule has 0 saturated carbocycles. The van der Waals surface area contributed by atoms with Crippen LogP contribution in [0.1, 0.15) is 6.92 Å². The van der Waals surface area contributed by atoms with E-state index >= 15 is 0 Å². The van der Waals surface area contributed by atoms with E-state index < -0.39 is 0 Å². The van der Waals surface area contributed by atoms with Crippen LogP contribution in [0.2, 0.25) is 0 Å². The highest BCUT2D eigenvalue weighted by molar-refractivity contribution is 4.55. The summed E-state index contributed by atoms with van der Waals surface area (Å²) in [5.74, 6) is 0. The molecule has 1 heterocycles. The van der Waals surface area contributed by atoms with Gasteiger partial charge in [0, 0.05) is 0 Å². The maximum absolute atomic E-state index is 5.28. The SMILES string of the molecule is CCNC1COCCO1. The number of nitrogens with one attached hydrogen (secondary N) is 1. The number of hydrogen-bond donors (Lipinski definition) is 1. The molecule has 54 valence electrons. The van der Waals surface area contributed by atoms with Crippen molar-refractivity contribution in [2.45, 2.75) is 13.2 Å². The van der Waals surface area contributed by atoms with Crippen LogP contribution in [0.3, 0.4) is 0 Å². The molecule has 0 amide bonds. The zero-order valence-corrected chi connectivity index (χ0v) is 5.72. The molecule has 0 bridgehead atoms. The zero-order valence-electron chi connectivity index (χ0n) is 5.72. The Bertz CT molecular complexity index is 68.7. The second-order valence-electron chi connectivity index (χ2n) is 1.99. The first-order valence-electron chi connectivity index (χ1n) is 3.36. The van der Waals surface area contributed by atoms with Gasteiger partial charge in [-0.15, -0.1) is 0 Å². The Hall–Kier alpha value is -0.120. The molecule has 1 aliphatic rings. The first-order chi connectivity index (χ1) is 4.43. The molecule has 3 nitrogen and oxygen atoms in total. The Morgan fingerprint density at radius 1 is 1.56 bits per heavy atom. The van der Waals surface area contributed by atoms with Crippen LogP contribution in [0, 0.1) is 0 Å². The van der Waals surface area contributed by atoms with Gasteiger partial charge >= 0.3 is 0 Å². The van der Waals surface area contributed by atoms with Crippen LogP contribution in [0.25, 0.3) is 0 Å². The lowest BCUT2D eigenvalue weighted by atomic mass is 10.5. The lowest BCUT2D eigenvalue weighted by Gasteiger charge is -2.22. The Kier molecular flexibility index (Phi) is 2.97. The van der Waals surface area contributed by atoms with Crippen molar-refractivity contribution in [3.05, 3.63) is 0 Å². The van der Waals surface area contributed by atoms with Crippen molar-refractivity contribution in [2.24, 2.45) is 0 Å². The number of rotatable bonds is 2. The summed E-state index contributed by atoms with van der Waals surface area (Å²) in [5.41, 5.74) is 0. The van der Waals surface area contributed by atoms with E-state index in [-0.39, 0.29) is 6.23 Å². The summed E-state index contributed by atoms with van der Waals surface area (Å²) in [6.45, 7) is 5.14. The molecule has 1 atom stereocenters. The molecule has 0 aromatic carbocycles. The maximum Gasteiger partial charge on any atom is 0.131 e. The largest absolute Gasteiger partial charge is 0.375 e. The van der Waals surface area contributed by atoms with Gasteiger partial charge in [-0.25, -0.2) is 0 Å². The Morgan fingerprint density at radius 2 is 2.44 bits per heavy atom. The van der Waals surface area contributed by atoms with Crippen molar-refractivity contribution in [2.75, 3.05) is 26.4 Å².